The second kappa shape index (κ2) is 5.00. The first kappa shape index (κ1) is 12.9. The molecule has 1 aliphatic heterocycles. The Morgan fingerprint density at radius 1 is 1.33 bits per heavy atom. The van der Waals surface area contributed by atoms with Gasteiger partial charge in [0.1, 0.15) is 0 Å². The molecule has 98 valence electrons. The topological polar surface area (TPSA) is 58.9 Å². The fraction of sp³-hybridized carbons (Fsp3) is 0.429. The molecule has 4 nitrogen and oxygen atoms in total. The van der Waals surface area contributed by atoms with Gasteiger partial charge in [0.2, 0.25) is 6.79 Å². The minimum absolute atomic E-state index is 0.254. The van der Waals surface area contributed by atoms with Crippen molar-refractivity contribution in [1.29, 1.82) is 0 Å². The summed E-state index contributed by atoms with van der Waals surface area (Å²) in [5, 5.41) is 19.3. The fourth-order valence-corrected chi connectivity index (χ4v) is 1.82. The van der Waals surface area contributed by atoms with Gasteiger partial charge in [-0.2, -0.15) is 0 Å². The van der Waals surface area contributed by atoms with Gasteiger partial charge in [-0.3, -0.25) is 0 Å². The van der Waals surface area contributed by atoms with E-state index in [9.17, 15) is 10.2 Å². The van der Waals surface area contributed by atoms with E-state index in [-0.39, 0.29) is 6.79 Å². The van der Waals surface area contributed by atoms with Crippen LogP contribution < -0.4 is 9.47 Å². The van der Waals surface area contributed by atoms with Gasteiger partial charge in [-0.15, -0.1) is 0 Å². The van der Waals surface area contributed by atoms with Crippen LogP contribution in [0.1, 0.15) is 25.8 Å². The van der Waals surface area contributed by atoms with E-state index in [0.717, 1.165) is 11.3 Å². The molecular weight excluding hydrogens is 232 g/mol. The van der Waals surface area contributed by atoms with Gasteiger partial charge in [-0.05, 0) is 31.5 Å². The van der Waals surface area contributed by atoms with Crippen molar-refractivity contribution in [3.05, 3.63) is 29.8 Å². The summed E-state index contributed by atoms with van der Waals surface area (Å²) in [6.07, 6.45) is 3.09. The Balaban J connectivity index is 2.01. The smallest absolute Gasteiger partial charge is 0.231 e. The summed E-state index contributed by atoms with van der Waals surface area (Å²) in [4.78, 5) is 0. The molecule has 1 heterocycles. The number of rotatable bonds is 4. The molecule has 18 heavy (non-hydrogen) atoms. The third-order valence-corrected chi connectivity index (χ3v) is 2.62. The molecule has 1 aromatic rings. The second-order valence-corrected chi connectivity index (χ2v) is 5.06. The predicted octanol–water partition coefficient (Wildman–Crippen LogP) is 1.95. The van der Waals surface area contributed by atoms with Gasteiger partial charge in [-0.25, -0.2) is 0 Å². The van der Waals surface area contributed by atoms with Gasteiger partial charge >= 0.3 is 0 Å². The average Bonchev–Trinajstić information content (AvgIpc) is 2.71. The van der Waals surface area contributed by atoms with Crippen molar-refractivity contribution in [1.82, 2.24) is 0 Å². The first-order valence-electron chi connectivity index (χ1n) is 5.92. The Bertz CT molecular complexity index is 446. The van der Waals surface area contributed by atoms with Crippen LogP contribution in [-0.2, 0) is 0 Å². The van der Waals surface area contributed by atoms with Crippen LogP contribution in [-0.4, -0.2) is 28.7 Å². The fourth-order valence-electron chi connectivity index (χ4n) is 1.82. The van der Waals surface area contributed by atoms with Gasteiger partial charge in [0, 0.05) is 6.42 Å². The molecule has 0 aliphatic carbocycles. The molecule has 0 amide bonds. The van der Waals surface area contributed by atoms with Gasteiger partial charge in [0.25, 0.3) is 0 Å². The zero-order chi connectivity index (χ0) is 13.2. The van der Waals surface area contributed by atoms with Crippen LogP contribution in [0.15, 0.2) is 24.3 Å². The number of aliphatic hydroxyl groups is 2. The highest BCUT2D eigenvalue weighted by Crippen LogP contribution is 2.32. The van der Waals surface area contributed by atoms with Gasteiger partial charge in [0.15, 0.2) is 11.5 Å². The molecule has 2 rings (SSSR count). The largest absolute Gasteiger partial charge is 0.454 e. The minimum atomic E-state index is -0.876. The van der Waals surface area contributed by atoms with Crippen LogP contribution in [0, 0.1) is 0 Å². The van der Waals surface area contributed by atoms with Crippen LogP contribution in [0.5, 0.6) is 11.5 Å². The van der Waals surface area contributed by atoms with Crippen LogP contribution >= 0.6 is 0 Å². The van der Waals surface area contributed by atoms with Crippen molar-refractivity contribution in [3.8, 4) is 11.5 Å². The maximum Gasteiger partial charge on any atom is 0.231 e. The summed E-state index contributed by atoms with van der Waals surface area (Å²) < 4.78 is 10.5. The molecule has 1 unspecified atom stereocenters. The standard InChI is InChI=1S/C14H18O4/c1-14(2,16)8-11(15)5-3-10-4-6-12-13(7-10)18-9-17-12/h3-7,11,15-16H,8-9H2,1-2H3/b5-3+. The van der Waals surface area contributed by atoms with E-state index in [1.165, 1.54) is 0 Å². The number of hydrogen-bond donors (Lipinski definition) is 2. The summed E-state index contributed by atoms with van der Waals surface area (Å²) in [5.74, 6) is 1.46. The molecule has 0 radical (unpaired) electrons. The maximum absolute atomic E-state index is 9.74. The molecule has 0 saturated carbocycles. The van der Waals surface area contributed by atoms with E-state index in [1.54, 1.807) is 26.0 Å². The number of hydrogen-bond acceptors (Lipinski definition) is 4. The van der Waals surface area contributed by atoms with Crippen molar-refractivity contribution in [2.24, 2.45) is 0 Å². The lowest BCUT2D eigenvalue weighted by Crippen LogP contribution is -2.24. The first-order chi connectivity index (χ1) is 8.44. The highest BCUT2D eigenvalue weighted by Gasteiger charge is 2.16. The van der Waals surface area contributed by atoms with Crippen molar-refractivity contribution < 1.29 is 19.7 Å². The molecule has 0 fully saturated rings. The average molecular weight is 250 g/mol. The van der Waals surface area contributed by atoms with Crippen molar-refractivity contribution in [2.45, 2.75) is 32.0 Å². The Hall–Kier alpha value is -1.52. The van der Waals surface area contributed by atoms with Crippen molar-refractivity contribution in [3.63, 3.8) is 0 Å². The molecular formula is C14H18O4. The summed E-state index contributed by atoms with van der Waals surface area (Å²) >= 11 is 0. The predicted molar refractivity (Wildman–Crippen MR) is 68.5 cm³/mol. The number of benzene rings is 1. The van der Waals surface area contributed by atoms with E-state index in [4.69, 9.17) is 9.47 Å². The Labute approximate surface area is 106 Å². The number of ether oxygens (including phenoxy) is 2. The molecule has 0 aromatic heterocycles. The third-order valence-electron chi connectivity index (χ3n) is 2.62. The van der Waals surface area contributed by atoms with Crippen LogP contribution in [0.2, 0.25) is 0 Å². The van der Waals surface area contributed by atoms with Crippen LogP contribution in [0.3, 0.4) is 0 Å². The van der Waals surface area contributed by atoms with Crippen molar-refractivity contribution >= 4 is 6.08 Å². The highest BCUT2D eigenvalue weighted by atomic mass is 16.7. The Morgan fingerprint density at radius 2 is 2.06 bits per heavy atom. The Kier molecular flexibility index (Phi) is 3.59. The monoisotopic (exact) mass is 250 g/mol. The second-order valence-electron chi connectivity index (χ2n) is 5.06. The third kappa shape index (κ3) is 3.48. The summed E-state index contributed by atoms with van der Waals surface area (Å²) in [6, 6.07) is 5.58. The summed E-state index contributed by atoms with van der Waals surface area (Å²) in [7, 11) is 0. The molecule has 2 N–H and O–H groups in total. The van der Waals surface area contributed by atoms with E-state index < -0.39 is 11.7 Å². The van der Waals surface area contributed by atoms with E-state index in [1.807, 2.05) is 18.2 Å². The van der Waals surface area contributed by atoms with E-state index >= 15 is 0 Å². The molecule has 1 aliphatic rings. The highest BCUT2D eigenvalue weighted by molar-refractivity contribution is 5.56. The quantitative estimate of drug-likeness (QED) is 0.857. The molecule has 0 saturated heterocycles. The normalized spacial score (nSPS) is 16.2. The maximum atomic E-state index is 9.74. The zero-order valence-electron chi connectivity index (χ0n) is 10.6. The molecule has 4 heteroatoms. The Morgan fingerprint density at radius 3 is 2.78 bits per heavy atom. The minimum Gasteiger partial charge on any atom is -0.454 e. The van der Waals surface area contributed by atoms with E-state index in [2.05, 4.69) is 0 Å². The molecule has 0 spiro atoms. The van der Waals surface area contributed by atoms with E-state index in [0.29, 0.717) is 12.2 Å². The molecule has 1 atom stereocenters. The SMILES string of the molecule is CC(C)(O)CC(O)/C=C/c1ccc2c(c1)OCO2. The van der Waals surface area contributed by atoms with Gasteiger partial charge in [0.05, 0.1) is 11.7 Å². The summed E-state index contributed by atoms with van der Waals surface area (Å²) in [6.45, 7) is 3.60. The molecule has 1 aromatic carbocycles. The summed E-state index contributed by atoms with van der Waals surface area (Å²) in [5.41, 5.74) is 0.0487. The van der Waals surface area contributed by atoms with Gasteiger partial charge in [-0.1, -0.05) is 18.2 Å². The van der Waals surface area contributed by atoms with Gasteiger partial charge < -0.3 is 19.7 Å². The van der Waals surface area contributed by atoms with Crippen molar-refractivity contribution in [2.75, 3.05) is 6.79 Å². The number of aliphatic hydroxyl groups excluding tert-OH is 1. The first-order valence-corrected chi connectivity index (χ1v) is 5.92. The number of fused-ring (bicyclic) bond motifs is 1. The lowest BCUT2D eigenvalue weighted by molar-refractivity contribution is 0.0333. The zero-order valence-corrected chi connectivity index (χ0v) is 10.6. The van der Waals surface area contributed by atoms with Crippen LogP contribution in [0.25, 0.3) is 6.08 Å². The van der Waals surface area contributed by atoms with Crippen LogP contribution in [0.4, 0.5) is 0 Å². The lowest BCUT2D eigenvalue weighted by Gasteiger charge is -2.18. The lowest BCUT2D eigenvalue weighted by atomic mass is 10.0. The molecule has 0 bridgehead atoms.